The SMILES string of the molecule is CS(=O)(=O)N1[C@H]2CC[C@H]1CC(NC(=O)c1ccc(Br)o1)C2. The summed E-state index contributed by atoms with van der Waals surface area (Å²) in [6, 6.07) is 3.29. The molecule has 3 rings (SSSR count). The van der Waals surface area contributed by atoms with Gasteiger partial charge in [0.2, 0.25) is 10.0 Å². The molecule has 1 aromatic rings. The average Bonchev–Trinajstić information content (AvgIpc) is 2.92. The molecule has 2 atom stereocenters. The molecule has 21 heavy (non-hydrogen) atoms. The van der Waals surface area contributed by atoms with E-state index in [2.05, 4.69) is 21.2 Å². The highest BCUT2D eigenvalue weighted by atomic mass is 79.9. The van der Waals surface area contributed by atoms with E-state index >= 15 is 0 Å². The Kier molecular flexibility index (Phi) is 3.87. The van der Waals surface area contributed by atoms with Gasteiger partial charge in [-0.2, -0.15) is 4.31 Å². The molecule has 6 nitrogen and oxygen atoms in total. The Morgan fingerprint density at radius 1 is 1.33 bits per heavy atom. The summed E-state index contributed by atoms with van der Waals surface area (Å²) in [6.07, 6.45) is 4.33. The van der Waals surface area contributed by atoms with Gasteiger partial charge in [-0.05, 0) is 53.7 Å². The third-order valence-corrected chi connectivity index (χ3v) is 5.97. The van der Waals surface area contributed by atoms with Crippen molar-refractivity contribution in [3.05, 3.63) is 22.6 Å². The van der Waals surface area contributed by atoms with E-state index < -0.39 is 10.0 Å². The summed E-state index contributed by atoms with van der Waals surface area (Å²) < 4.78 is 31.0. The molecule has 0 aromatic carbocycles. The van der Waals surface area contributed by atoms with Crippen molar-refractivity contribution in [1.82, 2.24) is 9.62 Å². The van der Waals surface area contributed by atoms with Crippen LogP contribution in [0.25, 0.3) is 0 Å². The van der Waals surface area contributed by atoms with E-state index in [1.54, 1.807) is 16.4 Å². The summed E-state index contributed by atoms with van der Waals surface area (Å²) in [7, 11) is -3.17. The lowest BCUT2D eigenvalue weighted by atomic mass is 9.99. The van der Waals surface area contributed by atoms with E-state index in [0.717, 1.165) is 12.8 Å². The molecule has 2 aliphatic heterocycles. The first-order valence-corrected chi connectivity index (χ1v) is 9.53. The van der Waals surface area contributed by atoms with Gasteiger partial charge >= 0.3 is 0 Å². The van der Waals surface area contributed by atoms with Crippen LogP contribution < -0.4 is 5.32 Å². The van der Waals surface area contributed by atoms with Gasteiger partial charge in [-0.1, -0.05) is 0 Å². The van der Waals surface area contributed by atoms with Crippen LogP contribution in [0.3, 0.4) is 0 Å². The summed E-state index contributed by atoms with van der Waals surface area (Å²) in [6.45, 7) is 0. The molecule has 0 radical (unpaired) electrons. The molecule has 0 saturated carbocycles. The smallest absolute Gasteiger partial charge is 0.287 e. The number of fused-ring (bicyclic) bond motifs is 2. The number of nitrogens with one attached hydrogen (secondary N) is 1. The zero-order valence-electron chi connectivity index (χ0n) is 11.6. The Morgan fingerprint density at radius 3 is 2.43 bits per heavy atom. The third-order valence-electron chi connectivity index (χ3n) is 4.18. The molecule has 2 fully saturated rings. The normalized spacial score (nSPS) is 29.5. The Morgan fingerprint density at radius 2 is 1.95 bits per heavy atom. The Hall–Kier alpha value is -0.860. The van der Waals surface area contributed by atoms with Crippen LogP contribution in [-0.2, 0) is 10.0 Å². The van der Waals surface area contributed by atoms with E-state index in [9.17, 15) is 13.2 Å². The molecule has 116 valence electrons. The van der Waals surface area contributed by atoms with Crippen molar-refractivity contribution in [2.75, 3.05) is 6.26 Å². The molecular weight excluding hydrogens is 360 g/mol. The number of hydrogen-bond donors (Lipinski definition) is 1. The van der Waals surface area contributed by atoms with E-state index in [1.165, 1.54) is 6.26 Å². The number of carbonyl (C=O) groups excluding carboxylic acids is 1. The standard InChI is InChI=1S/C13H17BrN2O4S/c1-21(18,19)16-9-2-3-10(16)7-8(6-9)15-13(17)11-4-5-12(14)20-11/h4-5,8-10H,2-3,6-7H2,1H3,(H,15,17)/t9-,10-/m0/s1. The van der Waals surface area contributed by atoms with Gasteiger partial charge in [0.1, 0.15) is 0 Å². The first-order valence-electron chi connectivity index (χ1n) is 6.89. The number of rotatable bonds is 3. The highest BCUT2D eigenvalue weighted by molar-refractivity contribution is 9.10. The lowest BCUT2D eigenvalue weighted by Gasteiger charge is -2.37. The van der Waals surface area contributed by atoms with Crippen LogP contribution in [0, 0.1) is 0 Å². The number of hydrogen-bond acceptors (Lipinski definition) is 4. The lowest BCUT2D eigenvalue weighted by Crippen LogP contribution is -2.52. The van der Waals surface area contributed by atoms with Crippen molar-refractivity contribution in [2.24, 2.45) is 0 Å². The van der Waals surface area contributed by atoms with E-state index in [4.69, 9.17) is 4.42 Å². The zero-order valence-corrected chi connectivity index (χ0v) is 14.0. The molecular formula is C13H17BrN2O4S. The molecule has 2 bridgehead atoms. The minimum Gasteiger partial charge on any atom is -0.444 e. The minimum absolute atomic E-state index is 0.00289. The molecule has 0 aliphatic carbocycles. The van der Waals surface area contributed by atoms with Gasteiger partial charge in [0.25, 0.3) is 5.91 Å². The highest BCUT2D eigenvalue weighted by Crippen LogP contribution is 2.37. The minimum atomic E-state index is -3.17. The monoisotopic (exact) mass is 376 g/mol. The number of furan rings is 1. The first-order chi connectivity index (χ1) is 9.84. The van der Waals surface area contributed by atoms with Gasteiger partial charge in [0.05, 0.1) is 6.26 Å². The Balaban J connectivity index is 1.67. The quantitative estimate of drug-likeness (QED) is 0.870. The summed E-state index contributed by atoms with van der Waals surface area (Å²) >= 11 is 3.16. The van der Waals surface area contributed by atoms with Crippen LogP contribution >= 0.6 is 15.9 Å². The van der Waals surface area contributed by atoms with Gasteiger partial charge in [-0.25, -0.2) is 8.42 Å². The maximum atomic E-state index is 12.1. The predicted octanol–water partition coefficient (Wildman–Crippen LogP) is 1.73. The maximum Gasteiger partial charge on any atom is 0.287 e. The predicted molar refractivity (Wildman–Crippen MR) is 80.4 cm³/mol. The maximum absolute atomic E-state index is 12.1. The summed E-state index contributed by atoms with van der Waals surface area (Å²) in [5, 5.41) is 2.95. The first kappa shape index (κ1) is 15.1. The fourth-order valence-corrected chi connectivity index (χ4v) is 5.26. The van der Waals surface area contributed by atoms with Crippen LogP contribution in [0.5, 0.6) is 0 Å². The van der Waals surface area contributed by atoms with E-state index in [-0.39, 0.29) is 29.8 Å². The number of sulfonamides is 1. The fraction of sp³-hybridized carbons (Fsp3) is 0.615. The topological polar surface area (TPSA) is 79.6 Å². The second-order valence-electron chi connectivity index (χ2n) is 5.72. The van der Waals surface area contributed by atoms with Crippen molar-refractivity contribution < 1.29 is 17.6 Å². The Bertz CT molecular complexity index is 643. The van der Waals surface area contributed by atoms with Crippen molar-refractivity contribution in [1.29, 1.82) is 0 Å². The number of nitrogens with zero attached hydrogens (tertiary/aromatic N) is 1. The molecule has 1 amide bonds. The Labute approximate surface area is 132 Å². The van der Waals surface area contributed by atoms with Crippen LogP contribution in [0.2, 0.25) is 0 Å². The van der Waals surface area contributed by atoms with Crippen molar-refractivity contribution in [3.8, 4) is 0 Å². The fourth-order valence-electron chi connectivity index (χ4n) is 3.49. The summed E-state index contributed by atoms with van der Waals surface area (Å²) in [4.78, 5) is 12.1. The largest absolute Gasteiger partial charge is 0.444 e. The van der Waals surface area contributed by atoms with E-state index in [1.807, 2.05) is 0 Å². The third kappa shape index (κ3) is 3.02. The van der Waals surface area contributed by atoms with Crippen LogP contribution in [-0.4, -0.2) is 43.0 Å². The van der Waals surface area contributed by atoms with Crippen molar-refractivity contribution >= 4 is 31.9 Å². The molecule has 2 saturated heterocycles. The molecule has 1 aromatic heterocycles. The van der Waals surface area contributed by atoms with Gasteiger partial charge in [-0.3, -0.25) is 4.79 Å². The molecule has 0 spiro atoms. The second-order valence-corrected chi connectivity index (χ2v) is 8.39. The van der Waals surface area contributed by atoms with Crippen LogP contribution in [0.4, 0.5) is 0 Å². The van der Waals surface area contributed by atoms with Gasteiger partial charge in [0.15, 0.2) is 10.4 Å². The van der Waals surface area contributed by atoms with Gasteiger partial charge in [-0.15, -0.1) is 0 Å². The van der Waals surface area contributed by atoms with Crippen LogP contribution in [0.1, 0.15) is 36.2 Å². The average molecular weight is 377 g/mol. The van der Waals surface area contributed by atoms with Crippen molar-refractivity contribution in [3.63, 3.8) is 0 Å². The van der Waals surface area contributed by atoms with E-state index in [0.29, 0.717) is 17.5 Å². The molecule has 1 N–H and O–H groups in total. The lowest BCUT2D eigenvalue weighted by molar-refractivity contribution is 0.0880. The number of piperidine rings is 1. The number of amides is 1. The van der Waals surface area contributed by atoms with Gasteiger partial charge < -0.3 is 9.73 Å². The highest BCUT2D eigenvalue weighted by Gasteiger charge is 2.45. The molecule has 0 unspecified atom stereocenters. The summed E-state index contributed by atoms with van der Waals surface area (Å²) in [5.74, 6) is 0.0117. The number of carbonyl (C=O) groups is 1. The zero-order chi connectivity index (χ0) is 15.2. The van der Waals surface area contributed by atoms with Crippen molar-refractivity contribution in [2.45, 2.75) is 43.8 Å². The molecule has 3 heterocycles. The second kappa shape index (κ2) is 5.40. The molecule has 2 aliphatic rings. The van der Waals surface area contributed by atoms with Gasteiger partial charge in [0, 0.05) is 18.1 Å². The molecule has 8 heteroatoms. The summed E-state index contributed by atoms with van der Waals surface area (Å²) in [5.41, 5.74) is 0. The van der Waals surface area contributed by atoms with Crippen LogP contribution in [0.15, 0.2) is 21.2 Å². The number of halogens is 1.